The number of nitrogens with one attached hydrogen (secondary N) is 1. The molecule has 2 rings (SSSR count). The smallest absolute Gasteiger partial charge is 0.118 e. The quantitative estimate of drug-likeness (QED) is 0.853. The first kappa shape index (κ1) is 13.1. The van der Waals surface area contributed by atoms with Crippen molar-refractivity contribution in [2.24, 2.45) is 0 Å². The molecule has 0 bridgehead atoms. The molecule has 0 amide bonds. The van der Waals surface area contributed by atoms with E-state index in [1.807, 2.05) is 12.1 Å². The number of hydrogen-bond donors (Lipinski definition) is 1. The van der Waals surface area contributed by atoms with E-state index in [0.717, 1.165) is 18.7 Å². The van der Waals surface area contributed by atoms with Gasteiger partial charge in [-0.15, -0.1) is 11.3 Å². The second kappa shape index (κ2) is 6.57. The molecule has 1 aromatic heterocycles. The lowest BCUT2D eigenvalue weighted by Gasteiger charge is -2.18. The van der Waals surface area contributed by atoms with Crippen LogP contribution in [0.4, 0.5) is 0 Å². The number of methoxy groups -OCH3 is 1. The standard InChI is InChI=1S/C15H19NOS/c1-3-10-16-15(14-5-4-11-18-14)12-6-8-13(17-2)9-7-12/h4-9,11,15-16H,3,10H2,1-2H3. The van der Waals surface area contributed by atoms with Gasteiger partial charge in [-0.3, -0.25) is 0 Å². The maximum atomic E-state index is 5.20. The Morgan fingerprint density at radius 2 is 2.00 bits per heavy atom. The lowest BCUT2D eigenvalue weighted by atomic mass is 10.1. The van der Waals surface area contributed by atoms with Crippen molar-refractivity contribution in [3.05, 3.63) is 52.2 Å². The summed E-state index contributed by atoms with van der Waals surface area (Å²) in [5, 5.41) is 5.72. The molecule has 1 N–H and O–H groups in total. The van der Waals surface area contributed by atoms with Gasteiger partial charge in [0.15, 0.2) is 0 Å². The second-order valence-corrected chi connectivity index (χ2v) is 5.15. The lowest BCUT2D eigenvalue weighted by Crippen LogP contribution is -2.22. The van der Waals surface area contributed by atoms with Gasteiger partial charge in [0, 0.05) is 4.88 Å². The lowest BCUT2D eigenvalue weighted by molar-refractivity contribution is 0.414. The SMILES string of the molecule is CCCNC(c1ccc(OC)cc1)c1cccs1. The van der Waals surface area contributed by atoms with E-state index in [4.69, 9.17) is 4.74 Å². The van der Waals surface area contributed by atoms with Crippen LogP contribution >= 0.6 is 11.3 Å². The van der Waals surface area contributed by atoms with Crippen LogP contribution in [0.15, 0.2) is 41.8 Å². The molecule has 3 heteroatoms. The van der Waals surface area contributed by atoms with Crippen molar-refractivity contribution in [1.29, 1.82) is 0 Å². The first-order valence-corrected chi connectivity index (χ1v) is 7.14. The molecule has 0 saturated carbocycles. The molecule has 1 atom stereocenters. The summed E-state index contributed by atoms with van der Waals surface area (Å²) in [5.41, 5.74) is 1.28. The van der Waals surface area contributed by atoms with E-state index in [9.17, 15) is 0 Å². The largest absolute Gasteiger partial charge is 0.497 e. The second-order valence-electron chi connectivity index (χ2n) is 4.18. The van der Waals surface area contributed by atoms with E-state index in [0.29, 0.717) is 0 Å². The van der Waals surface area contributed by atoms with Gasteiger partial charge in [-0.1, -0.05) is 25.1 Å². The van der Waals surface area contributed by atoms with E-state index in [1.165, 1.54) is 10.4 Å². The Morgan fingerprint density at radius 3 is 2.56 bits per heavy atom. The maximum Gasteiger partial charge on any atom is 0.118 e. The van der Waals surface area contributed by atoms with E-state index >= 15 is 0 Å². The van der Waals surface area contributed by atoms with E-state index in [-0.39, 0.29) is 6.04 Å². The fourth-order valence-electron chi connectivity index (χ4n) is 1.92. The van der Waals surface area contributed by atoms with Crippen molar-refractivity contribution in [2.75, 3.05) is 13.7 Å². The summed E-state index contributed by atoms with van der Waals surface area (Å²) in [5.74, 6) is 0.902. The fraction of sp³-hybridized carbons (Fsp3) is 0.333. The Morgan fingerprint density at radius 1 is 1.22 bits per heavy atom. The number of thiophene rings is 1. The average Bonchev–Trinajstić information content (AvgIpc) is 2.94. The highest BCUT2D eigenvalue weighted by atomic mass is 32.1. The highest BCUT2D eigenvalue weighted by Crippen LogP contribution is 2.27. The molecule has 1 heterocycles. The minimum Gasteiger partial charge on any atom is -0.497 e. The van der Waals surface area contributed by atoms with Gasteiger partial charge in [0.05, 0.1) is 13.2 Å². The van der Waals surface area contributed by atoms with Gasteiger partial charge < -0.3 is 10.1 Å². The molecule has 0 aliphatic heterocycles. The third kappa shape index (κ3) is 3.12. The molecule has 0 fully saturated rings. The zero-order valence-corrected chi connectivity index (χ0v) is 11.7. The summed E-state index contributed by atoms with van der Waals surface area (Å²) in [4.78, 5) is 1.36. The molecule has 0 saturated heterocycles. The number of hydrogen-bond acceptors (Lipinski definition) is 3. The van der Waals surface area contributed by atoms with E-state index in [2.05, 4.69) is 41.9 Å². The number of benzene rings is 1. The average molecular weight is 261 g/mol. The van der Waals surface area contributed by atoms with Gasteiger partial charge in [-0.05, 0) is 42.1 Å². The van der Waals surface area contributed by atoms with Crippen molar-refractivity contribution < 1.29 is 4.74 Å². The molecule has 1 aromatic carbocycles. The minimum atomic E-state index is 0.288. The van der Waals surface area contributed by atoms with Crippen LogP contribution in [0.1, 0.15) is 29.8 Å². The Hall–Kier alpha value is -1.32. The van der Waals surface area contributed by atoms with Gasteiger partial charge in [0.1, 0.15) is 5.75 Å². The van der Waals surface area contributed by atoms with Crippen LogP contribution in [0.3, 0.4) is 0 Å². The van der Waals surface area contributed by atoms with E-state index < -0.39 is 0 Å². The van der Waals surface area contributed by atoms with Gasteiger partial charge >= 0.3 is 0 Å². The molecule has 18 heavy (non-hydrogen) atoms. The molecule has 0 spiro atoms. The monoisotopic (exact) mass is 261 g/mol. The maximum absolute atomic E-state index is 5.20. The molecule has 96 valence electrons. The van der Waals surface area contributed by atoms with Crippen LogP contribution in [0.25, 0.3) is 0 Å². The van der Waals surface area contributed by atoms with Crippen molar-refractivity contribution in [2.45, 2.75) is 19.4 Å². The third-order valence-electron chi connectivity index (χ3n) is 2.88. The molecule has 2 aromatic rings. The van der Waals surface area contributed by atoms with Crippen LogP contribution in [0.2, 0.25) is 0 Å². The molecule has 0 aliphatic carbocycles. The molecular weight excluding hydrogens is 242 g/mol. The Labute approximate surface area is 113 Å². The molecule has 2 nitrogen and oxygen atoms in total. The molecule has 1 unspecified atom stereocenters. The topological polar surface area (TPSA) is 21.3 Å². The first-order chi connectivity index (χ1) is 8.85. The summed E-state index contributed by atoms with van der Waals surface area (Å²) < 4.78 is 5.20. The molecular formula is C15H19NOS. The van der Waals surface area contributed by atoms with Crippen LogP contribution in [-0.2, 0) is 0 Å². The fourth-order valence-corrected chi connectivity index (χ4v) is 2.75. The first-order valence-electron chi connectivity index (χ1n) is 6.26. The van der Waals surface area contributed by atoms with Gasteiger partial charge in [0.25, 0.3) is 0 Å². The third-order valence-corrected chi connectivity index (χ3v) is 3.81. The summed E-state index contributed by atoms with van der Waals surface area (Å²) in [6.07, 6.45) is 1.14. The molecule has 0 radical (unpaired) electrons. The van der Waals surface area contributed by atoms with Crippen molar-refractivity contribution in [1.82, 2.24) is 5.32 Å². The Kier molecular flexibility index (Phi) is 4.79. The minimum absolute atomic E-state index is 0.288. The summed E-state index contributed by atoms with van der Waals surface area (Å²) in [6, 6.07) is 12.9. The van der Waals surface area contributed by atoms with Gasteiger partial charge in [-0.25, -0.2) is 0 Å². The Balaban J connectivity index is 2.21. The van der Waals surface area contributed by atoms with Crippen LogP contribution in [0, 0.1) is 0 Å². The summed E-state index contributed by atoms with van der Waals surface area (Å²) in [7, 11) is 1.70. The van der Waals surface area contributed by atoms with Crippen LogP contribution in [-0.4, -0.2) is 13.7 Å². The highest BCUT2D eigenvalue weighted by Gasteiger charge is 2.13. The van der Waals surface area contributed by atoms with Gasteiger partial charge in [-0.2, -0.15) is 0 Å². The van der Waals surface area contributed by atoms with Crippen molar-refractivity contribution >= 4 is 11.3 Å². The zero-order chi connectivity index (χ0) is 12.8. The zero-order valence-electron chi connectivity index (χ0n) is 10.8. The van der Waals surface area contributed by atoms with Crippen molar-refractivity contribution in [3.63, 3.8) is 0 Å². The van der Waals surface area contributed by atoms with Crippen LogP contribution in [0.5, 0.6) is 5.75 Å². The number of ether oxygens (including phenoxy) is 1. The predicted octanol–water partition coefficient (Wildman–Crippen LogP) is 3.85. The molecule has 0 aliphatic rings. The van der Waals surface area contributed by atoms with Gasteiger partial charge in [0.2, 0.25) is 0 Å². The highest BCUT2D eigenvalue weighted by molar-refractivity contribution is 7.10. The van der Waals surface area contributed by atoms with Crippen LogP contribution < -0.4 is 10.1 Å². The normalized spacial score (nSPS) is 12.3. The summed E-state index contributed by atoms with van der Waals surface area (Å²) in [6.45, 7) is 3.21. The number of rotatable bonds is 6. The van der Waals surface area contributed by atoms with E-state index in [1.54, 1.807) is 18.4 Å². The predicted molar refractivity (Wildman–Crippen MR) is 77.4 cm³/mol. The summed E-state index contributed by atoms with van der Waals surface area (Å²) >= 11 is 1.79. The van der Waals surface area contributed by atoms with Crippen molar-refractivity contribution in [3.8, 4) is 5.75 Å². The Bertz CT molecular complexity index is 450.